The van der Waals surface area contributed by atoms with Crippen molar-refractivity contribution in [3.8, 4) is 11.4 Å². The van der Waals surface area contributed by atoms with Gasteiger partial charge in [0, 0.05) is 29.5 Å². The molecule has 0 saturated heterocycles. The minimum Gasteiger partial charge on any atom is -0.364 e. The average molecular weight is 313 g/mol. The summed E-state index contributed by atoms with van der Waals surface area (Å²) in [6.45, 7) is 0.609. The summed E-state index contributed by atoms with van der Waals surface area (Å²) in [5.41, 5.74) is 2.81. The summed E-state index contributed by atoms with van der Waals surface area (Å²) in [7, 11) is 0. The summed E-state index contributed by atoms with van der Waals surface area (Å²) >= 11 is 0. The van der Waals surface area contributed by atoms with Crippen LogP contribution in [0.5, 0.6) is 0 Å². The van der Waals surface area contributed by atoms with Crippen molar-refractivity contribution in [1.82, 2.24) is 19.9 Å². The molecular formula is C19H15N5. The minimum absolute atomic E-state index is 0.609. The number of pyridine rings is 2. The predicted molar refractivity (Wildman–Crippen MR) is 94.3 cm³/mol. The van der Waals surface area contributed by atoms with Gasteiger partial charge >= 0.3 is 0 Å². The molecule has 3 aromatic heterocycles. The summed E-state index contributed by atoms with van der Waals surface area (Å²) in [6.07, 6.45) is 5.28. The molecule has 1 aromatic carbocycles. The Labute approximate surface area is 139 Å². The van der Waals surface area contributed by atoms with Gasteiger partial charge in [-0.05, 0) is 36.4 Å². The Kier molecular flexibility index (Phi) is 3.81. The standard InChI is InChI=1S/C19H15N5/c1-2-7-17-16(6-1)19(22-13-15-5-3-4-10-21-15)24-18(23-17)14-8-11-20-12-9-14/h1-12H,13H2,(H,22,23,24). The number of hydrogen-bond donors (Lipinski definition) is 1. The van der Waals surface area contributed by atoms with Crippen molar-refractivity contribution < 1.29 is 0 Å². The van der Waals surface area contributed by atoms with E-state index in [9.17, 15) is 0 Å². The molecule has 0 radical (unpaired) electrons. The van der Waals surface area contributed by atoms with Crippen LogP contribution in [0, 0.1) is 0 Å². The lowest BCUT2D eigenvalue weighted by Crippen LogP contribution is -2.05. The molecule has 0 amide bonds. The van der Waals surface area contributed by atoms with Gasteiger partial charge in [0.2, 0.25) is 0 Å². The van der Waals surface area contributed by atoms with Gasteiger partial charge < -0.3 is 5.32 Å². The second kappa shape index (κ2) is 6.42. The van der Waals surface area contributed by atoms with Crippen LogP contribution in [0.3, 0.4) is 0 Å². The maximum atomic E-state index is 4.71. The maximum absolute atomic E-state index is 4.71. The van der Waals surface area contributed by atoms with Crippen molar-refractivity contribution >= 4 is 16.7 Å². The number of benzene rings is 1. The lowest BCUT2D eigenvalue weighted by atomic mass is 10.2. The van der Waals surface area contributed by atoms with E-state index in [0.717, 1.165) is 28.0 Å². The summed E-state index contributed by atoms with van der Waals surface area (Å²) in [5, 5.41) is 4.38. The molecule has 0 fully saturated rings. The summed E-state index contributed by atoms with van der Waals surface area (Å²) < 4.78 is 0. The van der Waals surface area contributed by atoms with Crippen molar-refractivity contribution in [2.24, 2.45) is 0 Å². The fraction of sp³-hybridized carbons (Fsp3) is 0.0526. The highest BCUT2D eigenvalue weighted by Crippen LogP contribution is 2.24. The lowest BCUT2D eigenvalue weighted by Gasteiger charge is -2.10. The number of rotatable bonds is 4. The summed E-state index contributed by atoms with van der Waals surface area (Å²) in [4.78, 5) is 17.8. The molecule has 0 spiro atoms. The van der Waals surface area contributed by atoms with Gasteiger partial charge in [-0.2, -0.15) is 0 Å². The first-order chi connectivity index (χ1) is 11.9. The Morgan fingerprint density at radius 2 is 1.62 bits per heavy atom. The van der Waals surface area contributed by atoms with E-state index in [1.54, 1.807) is 18.6 Å². The third kappa shape index (κ3) is 2.92. The largest absolute Gasteiger partial charge is 0.364 e. The molecule has 0 aliphatic rings. The van der Waals surface area contributed by atoms with Crippen molar-refractivity contribution in [3.05, 3.63) is 78.9 Å². The molecular weight excluding hydrogens is 298 g/mol. The number of fused-ring (bicyclic) bond motifs is 1. The Morgan fingerprint density at radius 1 is 0.792 bits per heavy atom. The number of para-hydroxylation sites is 1. The van der Waals surface area contributed by atoms with E-state index < -0.39 is 0 Å². The van der Waals surface area contributed by atoms with E-state index in [-0.39, 0.29) is 0 Å². The number of nitrogens with zero attached hydrogens (tertiary/aromatic N) is 4. The fourth-order valence-corrected chi connectivity index (χ4v) is 2.52. The summed E-state index contributed by atoms with van der Waals surface area (Å²) in [6, 6.07) is 17.7. The number of anilines is 1. The van der Waals surface area contributed by atoms with Gasteiger partial charge in [-0.25, -0.2) is 9.97 Å². The van der Waals surface area contributed by atoms with Crippen LogP contribution in [-0.4, -0.2) is 19.9 Å². The molecule has 4 rings (SSSR count). The number of aromatic nitrogens is 4. The van der Waals surface area contributed by atoms with Crippen LogP contribution in [-0.2, 0) is 6.54 Å². The molecule has 4 aromatic rings. The van der Waals surface area contributed by atoms with Crippen molar-refractivity contribution in [2.75, 3.05) is 5.32 Å². The van der Waals surface area contributed by atoms with Crippen molar-refractivity contribution in [1.29, 1.82) is 0 Å². The molecule has 24 heavy (non-hydrogen) atoms. The quantitative estimate of drug-likeness (QED) is 0.622. The van der Waals surface area contributed by atoms with Crippen LogP contribution in [0.2, 0.25) is 0 Å². The van der Waals surface area contributed by atoms with E-state index in [1.165, 1.54) is 0 Å². The lowest BCUT2D eigenvalue weighted by molar-refractivity contribution is 1.03. The van der Waals surface area contributed by atoms with E-state index in [2.05, 4.69) is 20.3 Å². The van der Waals surface area contributed by atoms with Crippen LogP contribution in [0.4, 0.5) is 5.82 Å². The smallest absolute Gasteiger partial charge is 0.162 e. The van der Waals surface area contributed by atoms with Crippen LogP contribution in [0.15, 0.2) is 73.2 Å². The fourth-order valence-electron chi connectivity index (χ4n) is 2.52. The molecule has 5 heteroatoms. The first-order valence-corrected chi connectivity index (χ1v) is 7.71. The van der Waals surface area contributed by atoms with Crippen LogP contribution in [0.1, 0.15) is 5.69 Å². The Hall–Kier alpha value is -3.34. The van der Waals surface area contributed by atoms with Crippen LogP contribution in [0.25, 0.3) is 22.3 Å². The zero-order valence-electron chi connectivity index (χ0n) is 12.9. The van der Waals surface area contributed by atoms with Crippen LogP contribution >= 0.6 is 0 Å². The van der Waals surface area contributed by atoms with Gasteiger partial charge in [-0.15, -0.1) is 0 Å². The normalized spacial score (nSPS) is 10.7. The first kappa shape index (κ1) is 14.3. The zero-order chi connectivity index (χ0) is 16.2. The maximum Gasteiger partial charge on any atom is 0.162 e. The topological polar surface area (TPSA) is 63.6 Å². The molecule has 116 valence electrons. The molecule has 1 N–H and O–H groups in total. The molecule has 0 saturated carbocycles. The average Bonchev–Trinajstić information content (AvgIpc) is 2.67. The van der Waals surface area contributed by atoms with Crippen LogP contribution < -0.4 is 5.32 Å². The number of nitrogens with one attached hydrogen (secondary N) is 1. The Morgan fingerprint density at radius 3 is 2.46 bits per heavy atom. The predicted octanol–water partition coefficient (Wildman–Crippen LogP) is 3.70. The molecule has 0 aliphatic heterocycles. The zero-order valence-corrected chi connectivity index (χ0v) is 12.9. The van der Waals surface area contributed by atoms with Gasteiger partial charge in [-0.3, -0.25) is 9.97 Å². The Balaban J connectivity index is 1.75. The van der Waals surface area contributed by atoms with Gasteiger partial charge in [0.05, 0.1) is 17.8 Å². The van der Waals surface area contributed by atoms with Gasteiger partial charge in [-0.1, -0.05) is 18.2 Å². The van der Waals surface area contributed by atoms with Crippen molar-refractivity contribution in [2.45, 2.75) is 6.54 Å². The molecule has 0 bridgehead atoms. The molecule has 3 heterocycles. The SMILES string of the molecule is c1ccc(CNc2nc(-c3ccncc3)nc3ccccc23)nc1. The third-order valence-corrected chi connectivity index (χ3v) is 3.70. The Bertz CT molecular complexity index is 955. The molecule has 5 nitrogen and oxygen atoms in total. The van der Waals surface area contributed by atoms with E-state index in [0.29, 0.717) is 12.4 Å². The summed E-state index contributed by atoms with van der Waals surface area (Å²) in [5.74, 6) is 1.48. The second-order valence-corrected chi connectivity index (χ2v) is 5.32. The highest BCUT2D eigenvalue weighted by Gasteiger charge is 2.09. The highest BCUT2D eigenvalue weighted by molar-refractivity contribution is 5.90. The molecule has 0 unspecified atom stereocenters. The van der Waals surface area contributed by atoms with Gasteiger partial charge in [0.15, 0.2) is 5.82 Å². The van der Waals surface area contributed by atoms with E-state index in [4.69, 9.17) is 4.98 Å². The van der Waals surface area contributed by atoms with Crippen molar-refractivity contribution in [3.63, 3.8) is 0 Å². The monoisotopic (exact) mass is 313 g/mol. The molecule has 0 atom stereocenters. The first-order valence-electron chi connectivity index (χ1n) is 7.71. The van der Waals surface area contributed by atoms with Gasteiger partial charge in [0.1, 0.15) is 5.82 Å². The van der Waals surface area contributed by atoms with E-state index in [1.807, 2.05) is 54.6 Å². The third-order valence-electron chi connectivity index (χ3n) is 3.70. The second-order valence-electron chi connectivity index (χ2n) is 5.32. The number of hydrogen-bond acceptors (Lipinski definition) is 5. The van der Waals surface area contributed by atoms with E-state index >= 15 is 0 Å². The minimum atomic E-state index is 0.609. The van der Waals surface area contributed by atoms with Gasteiger partial charge in [0.25, 0.3) is 0 Å². The molecule has 0 aliphatic carbocycles. The highest BCUT2D eigenvalue weighted by atomic mass is 15.0.